The average Bonchev–Trinajstić information content (AvgIpc) is 3.62. The SMILES string of the molecule is c1ccc2c(c1)c1ccccc1n2-c1ccc(-n2c3ccccc3c3ccccc32)c2nsnc12. The van der Waals surface area contributed by atoms with E-state index in [4.69, 9.17) is 8.75 Å². The van der Waals surface area contributed by atoms with Crippen molar-refractivity contribution in [1.29, 1.82) is 0 Å². The predicted octanol–water partition coefficient (Wildman–Crippen LogP) is 7.89. The molecule has 0 unspecified atom stereocenters. The van der Waals surface area contributed by atoms with Gasteiger partial charge in [0.2, 0.25) is 0 Å². The van der Waals surface area contributed by atoms with Crippen molar-refractivity contribution in [3.8, 4) is 11.4 Å². The first-order chi connectivity index (χ1) is 17.4. The first-order valence-electron chi connectivity index (χ1n) is 11.6. The predicted molar refractivity (Wildman–Crippen MR) is 146 cm³/mol. The van der Waals surface area contributed by atoms with E-state index in [2.05, 4.69) is 118 Å². The minimum atomic E-state index is 0.917. The lowest BCUT2D eigenvalue weighted by atomic mass is 10.2. The maximum absolute atomic E-state index is 4.82. The Balaban J connectivity index is 1.49. The van der Waals surface area contributed by atoms with Gasteiger partial charge in [-0.2, -0.15) is 8.75 Å². The second-order valence-corrected chi connectivity index (χ2v) is 9.33. The molecule has 8 rings (SSSR count). The van der Waals surface area contributed by atoms with Gasteiger partial charge in [-0.15, -0.1) is 0 Å². The van der Waals surface area contributed by atoms with Crippen LogP contribution >= 0.6 is 11.7 Å². The summed E-state index contributed by atoms with van der Waals surface area (Å²) in [5, 5.41) is 4.97. The van der Waals surface area contributed by atoms with Crippen molar-refractivity contribution in [3.63, 3.8) is 0 Å². The largest absolute Gasteiger partial charge is 0.307 e. The Kier molecular flexibility index (Phi) is 3.78. The van der Waals surface area contributed by atoms with Crippen LogP contribution in [-0.4, -0.2) is 17.9 Å². The number of fused-ring (bicyclic) bond motifs is 7. The van der Waals surface area contributed by atoms with Crippen molar-refractivity contribution in [2.45, 2.75) is 0 Å². The van der Waals surface area contributed by atoms with Gasteiger partial charge in [0.1, 0.15) is 11.0 Å². The number of hydrogen-bond acceptors (Lipinski definition) is 3. The molecule has 8 aromatic rings. The molecule has 0 N–H and O–H groups in total. The molecule has 0 aliphatic heterocycles. The van der Waals surface area contributed by atoms with Crippen molar-refractivity contribution < 1.29 is 0 Å². The quantitative estimate of drug-likeness (QED) is 0.260. The molecule has 0 aliphatic carbocycles. The van der Waals surface area contributed by atoms with Gasteiger partial charge in [0.15, 0.2) is 0 Å². The summed E-state index contributed by atoms with van der Waals surface area (Å²) in [6, 6.07) is 38.7. The van der Waals surface area contributed by atoms with E-state index in [0.29, 0.717) is 0 Å². The van der Waals surface area contributed by atoms with Gasteiger partial charge in [0, 0.05) is 21.5 Å². The monoisotopic (exact) mass is 466 g/mol. The van der Waals surface area contributed by atoms with Crippen molar-refractivity contribution in [2.24, 2.45) is 0 Å². The highest BCUT2D eigenvalue weighted by Gasteiger charge is 2.20. The summed E-state index contributed by atoms with van der Waals surface area (Å²) in [4.78, 5) is 0. The van der Waals surface area contributed by atoms with Gasteiger partial charge in [-0.05, 0) is 36.4 Å². The number of para-hydroxylation sites is 4. The Morgan fingerprint density at radius 3 is 1.06 bits per heavy atom. The standard InChI is InChI=1S/C30H18N4S/c1-5-13-23-19(9-1)20-10-2-6-14-24(20)33(23)27-17-18-28(30-29(27)31-35-32-30)34-25-15-7-3-11-21(25)22-12-4-8-16-26(22)34/h1-18H. The summed E-state index contributed by atoms with van der Waals surface area (Å²) in [6.45, 7) is 0. The van der Waals surface area contributed by atoms with Gasteiger partial charge in [-0.3, -0.25) is 0 Å². The molecule has 0 spiro atoms. The number of rotatable bonds is 2. The molecular formula is C30H18N4S. The molecular weight excluding hydrogens is 448 g/mol. The molecule has 5 aromatic carbocycles. The van der Waals surface area contributed by atoms with Crippen LogP contribution in [0.15, 0.2) is 109 Å². The zero-order valence-electron chi connectivity index (χ0n) is 18.6. The molecule has 0 saturated heterocycles. The summed E-state index contributed by atoms with van der Waals surface area (Å²) in [7, 11) is 0. The molecule has 0 amide bonds. The Bertz CT molecular complexity index is 1820. The lowest BCUT2D eigenvalue weighted by molar-refractivity contribution is 1.16. The van der Waals surface area contributed by atoms with E-state index in [9.17, 15) is 0 Å². The highest BCUT2D eigenvalue weighted by atomic mass is 32.1. The first-order valence-corrected chi connectivity index (χ1v) is 12.4. The fourth-order valence-corrected chi connectivity index (χ4v) is 6.13. The van der Waals surface area contributed by atoms with Crippen LogP contribution in [0.4, 0.5) is 0 Å². The topological polar surface area (TPSA) is 35.6 Å². The third-order valence-corrected chi connectivity index (χ3v) is 7.54. The van der Waals surface area contributed by atoms with Crippen molar-refractivity contribution in [1.82, 2.24) is 17.9 Å². The molecule has 0 radical (unpaired) electrons. The molecule has 0 saturated carbocycles. The van der Waals surface area contributed by atoms with E-state index in [1.807, 2.05) is 0 Å². The van der Waals surface area contributed by atoms with Crippen molar-refractivity contribution in [3.05, 3.63) is 109 Å². The van der Waals surface area contributed by atoms with Crippen LogP contribution in [0, 0.1) is 0 Å². The van der Waals surface area contributed by atoms with Gasteiger partial charge in [-0.25, -0.2) is 0 Å². The fourth-order valence-electron chi connectivity index (χ4n) is 5.57. The lowest BCUT2D eigenvalue weighted by Crippen LogP contribution is -2.00. The fraction of sp³-hybridized carbons (Fsp3) is 0. The minimum absolute atomic E-state index is 0.917. The highest BCUT2D eigenvalue weighted by Crippen LogP contribution is 2.38. The molecule has 3 aromatic heterocycles. The zero-order chi connectivity index (χ0) is 22.9. The second-order valence-electron chi connectivity index (χ2n) is 8.80. The summed E-state index contributed by atoms with van der Waals surface area (Å²) >= 11 is 1.27. The first kappa shape index (κ1) is 18.9. The van der Waals surface area contributed by atoms with Crippen LogP contribution in [-0.2, 0) is 0 Å². The van der Waals surface area contributed by atoms with Gasteiger partial charge in [-0.1, -0.05) is 72.8 Å². The molecule has 3 heterocycles. The van der Waals surface area contributed by atoms with Crippen LogP contribution < -0.4 is 0 Å². The van der Waals surface area contributed by atoms with Gasteiger partial charge in [0.25, 0.3) is 0 Å². The van der Waals surface area contributed by atoms with E-state index in [1.54, 1.807) is 0 Å². The molecule has 0 atom stereocenters. The van der Waals surface area contributed by atoms with Gasteiger partial charge >= 0.3 is 0 Å². The average molecular weight is 467 g/mol. The van der Waals surface area contributed by atoms with Crippen LogP contribution in [0.3, 0.4) is 0 Å². The lowest BCUT2D eigenvalue weighted by Gasteiger charge is -2.12. The Morgan fingerprint density at radius 1 is 0.400 bits per heavy atom. The molecule has 0 aliphatic rings. The molecule has 5 heteroatoms. The second kappa shape index (κ2) is 7.01. The van der Waals surface area contributed by atoms with E-state index in [-0.39, 0.29) is 0 Å². The van der Waals surface area contributed by atoms with E-state index < -0.39 is 0 Å². The van der Waals surface area contributed by atoms with E-state index >= 15 is 0 Å². The molecule has 164 valence electrons. The smallest absolute Gasteiger partial charge is 0.130 e. The van der Waals surface area contributed by atoms with Crippen molar-refractivity contribution >= 4 is 66.4 Å². The van der Waals surface area contributed by atoms with Crippen LogP contribution in [0.1, 0.15) is 0 Å². The number of benzene rings is 5. The maximum atomic E-state index is 4.82. The molecule has 4 nitrogen and oxygen atoms in total. The van der Waals surface area contributed by atoms with E-state index in [1.165, 1.54) is 55.3 Å². The number of hydrogen-bond donors (Lipinski definition) is 0. The highest BCUT2D eigenvalue weighted by molar-refractivity contribution is 7.00. The molecule has 0 fully saturated rings. The van der Waals surface area contributed by atoms with Crippen LogP contribution in [0.2, 0.25) is 0 Å². The van der Waals surface area contributed by atoms with Gasteiger partial charge < -0.3 is 9.13 Å². The molecule has 35 heavy (non-hydrogen) atoms. The Morgan fingerprint density at radius 2 is 0.714 bits per heavy atom. The van der Waals surface area contributed by atoms with Crippen molar-refractivity contribution in [2.75, 3.05) is 0 Å². The molecule has 0 bridgehead atoms. The third kappa shape index (κ3) is 2.50. The summed E-state index contributed by atoms with van der Waals surface area (Å²) in [6.07, 6.45) is 0. The summed E-state index contributed by atoms with van der Waals surface area (Å²) < 4.78 is 14.3. The van der Waals surface area contributed by atoms with Gasteiger partial charge in [0.05, 0.1) is 45.2 Å². The summed E-state index contributed by atoms with van der Waals surface area (Å²) in [5.74, 6) is 0. The number of nitrogens with zero attached hydrogens (tertiary/aromatic N) is 4. The normalized spacial score (nSPS) is 12.0. The van der Waals surface area contributed by atoms with Crippen LogP contribution in [0.25, 0.3) is 66.0 Å². The Hall–Kier alpha value is -4.48. The van der Waals surface area contributed by atoms with Crippen LogP contribution in [0.5, 0.6) is 0 Å². The van der Waals surface area contributed by atoms with E-state index in [0.717, 1.165) is 22.4 Å². The Labute approximate surface area is 204 Å². The third-order valence-electron chi connectivity index (χ3n) is 7.01. The number of aromatic nitrogens is 4. The maximum Gasteiger partial charge on any atom is 0.130 e. The minimum Gasteiger partial charge on any atom is -0.307 e. The summed E-state index contributed by atoms with van der Waals surface area (Å²) in [5.41, 5.74) is 8.63. The zero-order valence-corrected chi connectivity index (χ0v) is 19.4.